The number of hydrogen-bond donors (Lipinski definition) is 1. The molecular formula is C21H17NO3. The second kappa shape index (κ2) is 7.93. The molecule has 0 saturated carbocycles. The lowest BCUT2D eigenvalue weighted by Gasteiger charge is -2.06. The highest BCUT2D eigenvalue weighted by Crippen LogP contribution is 2.16. The van der Waals surface area contributed by atoms with Crippen LogP contribution >= 0.6 is 0 Å². The van der Waals surface area contributed by atoms with Crippen molar-refractivity contribution in [1.29, 1.82) is 0 Å². The second-order valence-electron chi connectivity index (χ2n) is 5.47. The van der Waals surface area contributed by atoms with Crippen LogP contribution in [0.15, 0.2) is 79.1 Å². The van der Waals surface area contributed by atoms with Gasteiger partial charge < -0.3 is 9.84 Å². The van der Waals surface area contributed by atoms with E-state index in [1.807, 2.05) is 36.4 Å². The molecule has 0 radical (unpaired) electrons. The average Bonchev–Trinajstić information content (AvgIpc) is 2.66. The van der Waals surface area contributed by atoms with Crippen molar-refractivity contribution >= 4 is 11.9 Å². The number of ether oxygens (including phenoxy) is 1. The zero-order valence-electron chi connectivity index (χ0n) is 13.5. The molecule has 3 rings (SSSR count). The standard InChI is InChI=1S/C21H17NO3/c23-19-5-1-4-18(13-19)21(24)11-8-16-6-9-20(10-7-16)25-15-17-3-2-12-22-14-17/h1-14,23H,15H2/b11-8+. The Morgan fingerprint density at radius 2 is 1.92 bits per heavy atom. The van der Waals surface area contributed by atoms with Gasteiger partial charge in [0.05, 0.1) is 0 Å². The number of ketones is 1. The van der Waals surface area contributed by atoms with Crippen molar-refractivity contribution in [2.75, 3.05) is 0 Å². The average molecular weight is 331 g/mol. The third-order valence-electron chi connectivity index (χ3n) is 3.57. The SMILES string of the molecule is O=C(/C=C/c1ccc(OCc2cccnc2)cc1)c1cccc(O)c1. The predicted octanol–water partition coefficient (Wildman–Crippen LogP) is 4.26. The van der Waals surface area contributed by atoms with E-state index in [1.54, 1.807) is 30.6 Å². The molecule has 0 aliphatic rings. The van der Waals surface area contributed by atoms with Gasteiger partial charge in [0, 0.05) is 23.5 Å². The molecule has 0 amide bonds. The summed E-state index contributed by atoms with van der Waals surface area (Å²) in [5, 5.41) is 9.42. The number of hydrogen-bond acceptors (Lipinski definition) is 4. The van der Waals surface area contributed by atoms with Crippen molar-refractivity contribution < 1.29 is 14.6 Å². The molecule has 4 heteroatoms. The number of phenols is 1. The molecule has 0 atom stereocenters. The van der Waals surface area contributed by atoms with Crippen molar-refractivity contribution in [2.24, 2.45) is 0 Å². The molecule has 0 spiro atoms. The van der Waals surface area contributed by atoms with Crippen LogP contribution in [0.25, 0.3) is 6.08 Å². The number of nitrogens with zero attached hydrogens (tertiary/aromatic N) is 1. The summed E-state index contributed by atoms with van der Waals surface area (Å²) in [5.41, 5.74) is 2.35. The Labute approximate surface area is 146 Å². The maximum atomic E-state index is 12.1. The fourth-order valence-electron chi connectivity index (χ4n) is 2.25. The molecule has 4 nitrogen and oxygen atoms in total. The summed E-state index contributed by atoms with van der Waals surface area (Å²) in [6.07, 6.45) is 6.71. The summed E-state index contributed by atoms with van der Waals surface area (Å²) < 4.78 is 5.70. The van der Waals surface area contributed by atoms with Crippen molar-refractivity contribution in [1.82, 2.24) is 4.98 Å². The highest BCUT2D eigenvalue weighted by atomic mass is 16.5. The highest BCUT2D eigenvalue weighted by Gasteiger charge is 2.02. The van der Waals surface area contributed by atoms with E-state index in [0.717, 1.165) is 16.9 Å². The van der Waals surface area contributed by atoms with E-state index in [-0.39, 0.29) is 11.5 Å². The fourth-order valence-corrected chi connectivity index (χ4v) is 2.25. The van der Waals surface area contributed by atoms with Gasteiger partial charge in [0.2, 0.25) is 0 Å². The Kier molecular flexibility index (Phi) is 5.22. The third-order valence-corrected chi connectivity index (χ3v) is 3.57. The van der Waals surface area contributed by atoms with E-state index in [0.29, 0.717) is 12.2 Å². The minimum Gasteiger partial charge on any atom is -0.508 e. The van der Waals surface area contributed by atoms with Crippen LogP contribution in [0.5, 0.6) is 11.5 Å². The molecule has 0 aliphatic carbocycles. The van der Waals surface area contributed by atoms with E-state index in [2.05, 4.69) is 4.98 Å². The van der Waals surface area contributed by atoms with Gasteiger partial charge in [-0.15, -0.1) is 0 Å². The van der Waals surface area contributed by atoms with Crippen LogP contribution in [0.2, 0.25) is 0 Å². The van der Waals surface area contributed by atoms with Gasteiger partial charge in [-0.1, -0.05) is 36.4 Å². The molecule has 1 heterocycles. The quantitative estimate of drug-likeness (QED) is 0.541. The molecule has 0 fully saturated rings. The number of carbonyl (C=O) groups excluding carboxylic acids is 1. The van der Waals surface area contributed by atoms with E-state index in [1.165, 1.54) is 18.2 Å². The number of aromatic hydroxyl groups is 1. The lowest BCUT2D eigenvalue weighted by Crippen LogP contribution is -1.95. The van der Waals surface area contributed by atoms with Gasteiger partial charge in [-0.2, -0.15) is 0 Å². The molecule has 3 aromatic rings. The van der Waals surface area contributed by atoms with Crippen LogP contribution in [-0.4, -0.2) is 15.9 Å². The molecule has 25 heavy (non-hydrogen) atoms. The summed E-state index contributed by atoms with van der Waals surface area (Å²) in [6.45, 7) is 0.457. The van der Waals surface area contributed by atoms with Crippen molar-refractivity contribution in [3.8, 4) is 11.5 Å². The second-order valence-corrected chi connectivity index (χ2v) is 5.47. The van der Waals surface area contributed by atoms with E-state index >= 15 is 0 Å². The Balaban J connectivity index is 1.59. The molecule has 0 unspecified atom stereocenters. The molecule has 1 N–H and O–H groups in total. The van der Waals surface area contributed by atoms with Crippen molar-refractivity contribution in [3.63, 3.8) is 0 Å². The minimum absolute atomic E-state index is 0.0781. The Hall–Kier alpha value is -3.40. The first-order chi connectivity index (χ1) is 12.2. The predicted molar refractivity (Wildman–Crippen MR) is 96.5 cm³/mol. The van der Waals surface area contributed by atoms with Crippen LogP contribution in [-0.2, 0) is 6.61 Å². The maximum absolute atomic E-state index is 12.1. The van der Waals surface area contributed by atoms with Crippen LogP contribution in [0.4, 0.5) is 0 Å². The van der Waals surface area contributed by atoms with Gasteiger partial charge in [-0.05, 0) is 42.0 Å². The lowest BCUT2D eigenvalue weighted by molar-refractivity contribution is 0.104. The number of carbonyl (C=O) groups is 1. The van der Waals surface area contributed by atoms with Crippen molar-refractivity contribution in [2.45, 2.75) is 6.61 Å². The van der Waals surface area contributed by atoms with Gasteiger partial charge >= 0.3 is 0 Å². The first-order valence-electron chi connectivity index (χ1n) is 7.84. The van der Waals surface area contributed by atoms with Gasteiger partial charge in [-0.3, -0.25) is 9.78 Å². The molecular weight excluding hydrogens is 314 g/mol. The van der Waals surface area contributed by atoms with E-state index < -0.39 is 0 Å². The highest BCUT2D eigenvalue weighted by molar-refractivity contribution is 6.07. The largest absolute Gasteiger partial charge is 0.508 e. The first-order valence-corrected chi connectivity index (χ1v) is 7.84. The summed E-state index contributed by atoms with van der Waals surface area (Å²) in [5.74, 6) is 0.669. The summed E-state index contributed by atoms with van der Waals surface area (Å²) in [7, 11) is 0. The molecule has 0 aliphatic heterocycles. The van der Waals surface area contributed by atoms with Gasteiger partial charge in [0.15, 0.2) is 5.78 Å². The number of phenolic OH excluding ortho intramolecular Hbond substituents is 1. The summed E-state index contributed by atoms with van der Waals surface area (Å²) in [4.78, 5) is 16.1. The normalized spacial score (nSPS) is 10.7. The van der Waals surface area contributed by atoms with Crippen LogP contribution < -0.4 is 4.74 Å². The molecule has 2 aromatic carbocycles. The number of rotatable bonds is 6. The Bertz CT molecular complexity index is 871. The van der Waals surface area contributed by atoms with Gasteiger partial charge in [0.25, 0.3) is 0 Å². The number of pyridine rings is 1. The number of allylic oxidation sites excluding steroid dienone is 1. The van der Waals surface area contributed by atoms with Crippen LogP contribution in [0.1, 0.15) is 21.5 Å². The van der Waals surface area contributed by atoms with Gasteiger partial charge in [0.1, 0.15) is 18.1 Å². The number of aromatic nitrogens is 1. The van der Waals surface area contributed by atoms with E-state index in [4.69, 9.17) is 4.74 Å². The summed E-state index contributed by atoms with van der Waals surface area (Å²) in [6, 6.07) is 17.6. The molecule has 1 aromatic heterocycles. The first kappa shape index (κ1) is 16.5. The van der Waals surface area contributed by atoms with E-state index in [9.17, 15) is 9.90 Å². The van der Waals surface area contributed by atoms with Crippen LogP contribution in [0, 0.1) is 0 Å². The Morgan fingerprint density at radius 1 is 1.08 bits per heavy atom. The molecule has 0 bridgehead atoms. The van der Waals surface area contributed by atoms with Crippen molar-refractivity contribution in [3.05, 3.63) is 95.8 Å². The fraction of sp³-hybridized carbons (Fsp3) is 0.0476. The number of benzene rings is 2. The lowest BCUT2D eigenvalue weighted by atomic mass is 10.1. The molecule has 124 valence electrons. The maximum Gasteiger partial charge on any atom is 0.185 e. The monoisotopic (exact) mass is 331 g/mol. The Morgan fingerprint density at radius 3 is 2.64 bits per heavy atom. The summed E-state index contributed by atoms with van der Waals surface area (Å²) >= 11 is 0. The molecule has 0 saturated heterocycles. The zero-order chi connectivity index (χ0) is 17.5. The minimum atomic E-state index is -0.159. The smallest absolute Gasteiger partial charge is 0.185 e. The zero-order valence-corrected chi connectivity index (χ0v) is 13.5. The third kappa shape index (κ3) is 4.78. The van der Waals surface area contributed by atoms with Crippen LogP contribution in [0.3, 0.4) is 0 Å². The van der Waals surface area contributed by atoms with Gasteiger partial charge in [-0.25, -0.2) is 0 Å². The topological polar surface area (TPSA) is 59.4 Å².